The van der Waals surface area contributed by atoms with E-state index in [4.69, 9.17) is 10.5 Å². The maximum atomic E-state index is 11.8. The Morgan fingerprint density at radius 2 is 2.11 bits per heavy atom. The summed E-state index contributed by atoms with van der Waals surface area (Å²) in [4.78, 5) is 14.0. The summed E-state index contributed by atoms with van der Waals surface area (Å²) in [7, 11) is 3.74. The van der Waals surface area contributed by atoms with Crippen LogP contribution >= 0.6 is 0 Å². The van der Waals surface area contributed by atoms with Gasteiger partial charge in [0.15, 0.2) is 0 Å². The minimum Gasteiger partial charge on any atom is -0.383 e. The molecule has 0 aromatic rings. The molecule has 0 aliphatic rings. The van der Waals surface area contributed by atoms with Crippen LogP contribution in [-0.2, 0) is 9.53 Å². The number of rotatable bonds is 10. The summed E-state index contributed by atoms with van der Waals surface area (Å²) in [5.74, 6) is -0.0519. The summed E-state index contributed by atoms with van der Waals surface area (Å²) in [6.07, 6.45) is 2.56. The number of nitrogens with two attached hydrogens (primary N) is 1. The number of hydrogen-bond donors (Lipinski definition) is 2. The second-order valence-electron chi connectivity index (χ2n) is 5.07. The lowest BCUT2D eigenvalue weighted by atomic mass is 9.96. The number of carbonyl (C=O) groups is 1. The zero-order valence-corrected chi connectivity index (χ0v) is 12.3. The van der Waals surface area contributed by atoms with Gasteiger partial charge in [-0.05, 0) is 33.4 Å². The Morgan fingerprint density at radius 1 is 1.44 bits per heavy atom. The van der Waals surface area contributed by atoms with Gasteiger partial charge in [0.2, 0.25) is 5.91 Å². The number of hydrogen-bond acceptors (Lipinski definition) is 4. The molecule has 5 nitrogen and oxygen atoms in total. The van der Waals surface area contributed by atoms with E-state index in [0.29, 0.717) is 13.0 Å². The van der Waals surface area contributed by atoms with Crippen LogP contribution in [-0.4, -0.2) is 56.7 Å². The van der Waals surface area contributed by atoms with Crippen LogP contribution in [0.1, 0.15) is 33.1 Å². The van der Waals surface area contributed by atoms with Crippen molar-refractivity contribution in [2.24, 2.45) is 5.73 Å². The van der Waals surface area contributed by atoms with Crippen LogP contribution < -0.4 is 11.1 Å². The van der Waals surface area contributed by atoms with Crippen LogP contribution in [0.2, 0.25) is 0 Å². The quantitative estimate of drug-likeness (QED) is 0.563. The number of likely N-dealkylation sites (N-methyl/N-ethyl adjacent to an activating group) is 1. The molecule has 0 bridgehead atoms. The van der Waals surface area contributed by atoms with Gasteiger partial charge in [0, 0.05) is 20.2 Å². The van der Waals surface area contributed by atoms with Gasteiger partial charge < -0.3 is 20.7 Å². The number of methoxy groups -OCH3 is 1. The summed E-state index contributed by atoms with van der Waals surface area (Å²) in [5, 5.41) is 2.90. The number of nitrogens with one attached hydrogen (secondary N) is 1. The van der Waals surface area contributed by atoms with E-state index in [-0.39, 0.29) is 5.91 Å². The number of nitrogens with zero attached hydrogens (tertiary/aromatic N) is 1. The van der Waals surface area contributed by atoms with Crippen LogP contribution in [0.25, 0.3) is 0 Å². The molecule has 0 radical (unpaired) electrons. The molecule has 1 unspecified atom stereocenters. The van der Waals surface area contributed by atoms with Crippen LogP contribution in [0.15, 0.2) is 0 Å². The number of ether oxygens (including phenoxy) is 1. The second-order valence-corrected chi connectivity index (χ2v) is 5.07. The average Bonchev–Trinajstić information content (AvgIpc) is 2.31. The Hall–Kier alpha value is -0.650. The van der Waals surface area contributed by atoms with Gasteiger partial charge in [0.25, 0.3) is 0 Å². The fourth-order valence-corrected chi connectivity index (χ4v) is 1.74. The summed E-state index contributed by atoms with van der Waals surface area (Å²) in [6.45, 7) is 7.08. The first-order valence-electron chi connectivity index (χ1n) is 6.68. The van der Waals surface area contributed by atoms with E-state index in [1.807, 2.05) is 14.0 Å². The lowest BCUT2D eigenvalue weighted by Crippen LogP contribution is -2.51. The monoisotopic (exact) mass is 259 g/mol. The normalized spacial score (nSPS) is 14.6. The zero-order valence-electron chi connectivity index (χ0n) is 12.3. The molecule has 0 aromatic heterocycles. The van der Waals surface area contributed by atoms with E-state index in [0.717, 1.165) is 32.5 Å². The van der Waals surface area contributed by atoms with Gasteiger partial charge in [-0.1, -0.05) is 13.3 Å². The molecule has 5 heteroatoms. The molecule has 0 aromatic carbocycles. The van der Waals surface area contributed by atoms with Crippen LogP contribution in [0.5, 0.6) is 0 Å². The minimum absolute atomic E-state index is 0.0519. The van der Waals surface area contributed by atoms with E-state index in [1.165, 1.54) is 0 Å². The van der Waals surface area contributed by atoms with Crippen molar-refractivity contribution < 1.29 is 9.53 Å². The van der Waals surface area contributed by atoms with Crippen molar-refractivity contribution in [1.82, 2.24) is 10.2 Å². The summed E-state index contributed by atoms with van der Waals surface area (Å²) >= 11 is 0. The van der Waals surface area contributed by atoms with Crippen LogP contribution in [0, 0.1) is 0 Å². The average molecular weight is 259 g/mol. The highest BCUT2D eigenvalue weighted by Crippen LogP contribution is 2.08. The van der Waals surface area contributed by atoms with E-state index < -0.39 is 5.54 Å². The first kappa shape index (κ1) is 17.4. The highest BCUT2D eigenvalue weighted by atomic mass is 16.5. The molecule has 0 rings (SSSR count). The van der Waals surface area contributed by atoms with Crippen molar-refractivity contribution in [3.05, 3.63) is 0 Å². The van der Waals surface area contributed by atoms with Crippen molar-refractivity contribution in [3.63, 3.8) is 0 Å². The standard InChI is InChI=1S/C13H29N3O2/c1-5-7-13(2,14)12(17)15-8-6-9-16(3)10-11-18-4/h5-11,14H2,1-4H3,(H,15,17). The first-order chi connectivity index (χ1) is 8.44. The Bertz CT molecular complexity index is 232. The molecule has 18 heavy (non-hydrogen) atoms. The summed E-state index contributed by atoms with van der Waals surface area (Å²) in [5.41, 5.74) is 5.20. The fraction of sp³-hybridized carbons (Fsp3) is 0.923. The van der Waals surface area contributed by atoms with E-state index in [9.17, 15) is 4.79 Å². The molecule has 0 aliphatic heterocycles. The summed E-state index contributed by atoms with van der Waals surface area (Å²) < 4.78 is 5.00. The van der Waals surface area contributed by atoms with E-state index >= 15 is 0 Å². The summed E-state index contributed by atoms with van der Waals surface area (Å²) in [6, 6.07) is 0. The predicted octanol–water partition coefficient (Wildman–Crippen LogP) is 0.588. The topological polar surface area (TPSA) is 67.6 Å². The fourth-order valence-electron chi connectivity index (χ4n) is 1.74. The van der Waals surface area contributed by atoms with Gasteiger partial charge in [-0.3, -0.25) is 4.79 Å². The highest BCUT2D eigenvalue weighted by Gasteiger charge is 2.26. The zero-order chi connectivity index (χ0) is 14.0. The Balaban J connectivity index is 3.68. The van der Waals surface area contributed by atoms with Crippen LogP contribution in [0.4, 0.5) is 0 Å². The maximum Gasteiger partial charge on any atom is 0.239 e. The molecule has 108 valence electrons. The third kappa shape index (κ3) is 7.63. The Labute approximate surface area is 111 Å². The number of carbonyl (C=O) groups excluding carboxylic acids is 1. The molecule has 0 spiro atoms. The molecule has 1 atom stereocenters. The molecular weight excluding hydrogens is 230 g/mol. The van der Waals surface area contributed by atoms with Gasteiger partial charge in [0.1, 0.15) is 0 Å². The van der Waals surface area contributed by atoms with E-state index in [1.54, 1.807) is 14.0 Å². The molecular formula is C13H29N3O2. The predicted molar refractivity (Wildman–Crippen MR) is 74.5 cm³/mol. The van der Waals surface area contributed by atoms with E-state index in [2.05, 4.69) is 10.2 Å². The second kappa shape index (κ2) is 9.30. The lowest BCUT2D eigenvalue weighted by molar-refractivity contribution is -0.126. The molecule has 0 heterocycles. The van der Waals surface area contributed by atoms with Crippen molar-refractivity contribution in [1.29, 1.82) is 0 Å². The van der Waals surface area contributed by atoms with Gasteiger partial charge in [-0.15, -0.1) is 0 Å². The van der Waals surface area contributed by atoms with Crippen molar-refractivity contribution in [2.45, 2.75) is 38.6 Å². The Kier molecular flexibility index (Phi) is 8.97. The largest absolute Gasteiger partial charge is 0.383 e. The molecule has 0 saturated carbocycles. The van der Waals surface area contributed by atoms with Crippen LogP contribution in [0.3, 0.4) is 0 Å². The van der Waals surface area contributed by atoms with Crippen molar-refractivity contribution in [2.75, 3.05) is 40.4 Å². The Morgan fingerprint density at radius 3 is 2.67 bits per heavy atom. The minimum atomic E-state index is -0.739. The SMILES string of the molecule is CCCC(C)(N)C(=O)NCCCN(C)CCOC. The third-order valence-electron chi connectivity index (χ3n) is 2.97. The maximum absolute atomic E-state index is 11.8. The van der Waals surface area contributed by atoms with Crippen molar-refractivity contribution >= 4 is 5.91 Å². The lowest BCUT2D eigenvalue weighted by Gasteiger charge is -2.23. The van der Waals surface area contributed by atoms with Gasteiger partial charge in [-0.2, -0.15) is 0 Å². The molecule has 0 fully saturated rings. The molecule has 0 aliphatic carbocycles. The van der Waals surface area contributed by atoms with Crippen molar-refractivity contribution in [3.8, 4) is 0 Å². The number of amides is 1. The third-order valence-corrected chi connectivity index (χ3v) is 2.97. The van der Waals surface area contributed by atoms with Gasteiger partial charge in [0.05, 0.1) is 12.1 Å². The molecule has 3 N–H and O–H groups in total. The molecule has 0 saturated heterocycles. The smallest absolute Gasteiger partial charge is 0.239 e. The van der Waals surface area contributed by atoms with Gasteiger partial charge in [-0.25, -0.2) is 0 Å². The van der Waals surface area contributed by atoms with Gasteiger partial charge >= 0.3 is 0 Å². The first-order valence-corrected chi connectivity index (χ1v) is 6.68. The highest BCUT2D eigenvalue weighted by molar-refractivity contribution is 5.85. The molecule has 1 amide bonds.